The van der Waals surface area contributed by atoms with Gasteiger partial charge in [-0.1, -0.05) is 18.2 Å². The third kappa shape index (κ3) is 2.56. The van der Waals surface area contributed by atoms with Gasteiger partial charge in [0, 0.05) is 5.69 Å². The number of aryl methyl sites for hydroxylation is 1. The lowest BCUT2D eigenvalue weighted by Crippen LogP contribution is -2.45. The maximum Gasteiger partial charge on any atom is 0.262 e. The number of halogens is 1. The standard InChI is InChI=1S/C18H15FN2O3/c1-10-7-8-12(19)9-15(10)20-16(22)11(2)21-17(23)13-5-3-4-6-14(13)18(21)24/h3-9,11H,1-2H3,(H,20,22). The van der Waals surface area contributed by atoms with Crippen LogP contribution in [0.5, 0.6) is 0 Å². The van der Waals surface area contributed by atoms with E-state index in [4.69, 9.17) is 0 Å². The summed E-state index contributed by atoms with van der Waals surface area (Å²) in [5.41, 5.74) is 1.55. The largest absolute Gasteiger partial charge is 0.324 e. The highest BCUT2D eigenvalue weighted by atomic mass is 19.1. The topological polar surface area (TPSA) is 66.5 Å². The molecule has 0 aromatic heterocycles. The van der Waals surface area contributed by atoms with Crippen molar-refractivity contribution < 1.29 is 18.8 Å². The van der Waals surface area contributed by atoms with E-state index >= 15 is 0 Å². The van der Waals surface area contributed by atoms with Crippen LogP contribution in [0.15, 0.2) is 42.5 Å². The van der Waals surface area contributed by atoms with E-state index in [9.17, 15) is 18.8 Å². The number of nitrogens with one attached hydrogen (secondary N) is 1. The lowest BCUT2D eigenvalue weighted by Gasteiger charge is -2.22. The Bertz CT molecular complexity index is 828. The van der Waals surface area contributed by atoms with Crippen LogP contribution in [0, 0.1) is 12.7 Å². The number of anilines is 1. The monoisotopic (exact) mass is 326 g/mol. The molecule has 1 N–H and O–H groups in total. The first-order valence-electron chi connectivity index (χ1n) is 7.44. The van der Waals surface area contributed by atoms with Gasteiger partial charge in [-0.3, -0.25) is 19.3 Å². The molecule has 2 aromatic carbocycles. The van der Waals surface area contributed by atoms with Crippen LogP contribution in [-0.2, 0) is 4.79 Å². The number of rotatable bonds is 3. The Kier molecular flexibility index (Phi) is 3.89. The lowest BCUT2D eigenvalue weighted by atomic mass is 10.1. The van der Waals surface area contributed by atoms with Crippen molar-refractivity contribution in [2.45, 2.75) is 19.9 Å². The van der Waals surface area contributed by atoms with Crippen molar-refractivity contribution in [3.63, 3.8) is 0 Å². The average Bonchev–Trinajstić information content (AvgIpc) is 2.82. The van der Waals surface area contributed by atoms with E-state index in [2.05, 4.69) is 5.32 Å². The first kappa shape index (κ1) is 15.9. The highest BCUT2D eigenvalue weighted by Gasteiger charge is 2.40. The van der Waals surface area contributed by atoms with Crippen LogP contribution >= 0.6 is 0 Å². The molecule has 1 unspecified atom stereocenters. The molecule has 6 heteroatoms. The summed E-state index contributed by atoms with van der Waals surface area (Å²) in [6.07, 6.45) is 0. The molecule has 0 spiro atoms. The first-order chi connectivity index (χ1) is 11.4. The van der Waals surface area contributed by atoms with Crippen LogP contribution in [0.4, 0.5) is 10.1 Å². The third-order valence-corrected chi connectivity index (χ3v) is 4.05. The Hall–Kier alpha value is -3.02. The second-order valence-electron chi connectivity index (χ2n) is 5.65. The molecule has 1 heterocycles. The molecule has 0 saturated heterocycles. The Morgan fingerprint density at radius 3 is 2.25 bits per heavy atom. The van der Waals surface area contributed by atoms with Gasteiger partial charge in [0.1, 0.15) is 11.9 Å². The number of carbonyl (C=O) groups is 3. The van der Waals surface area contributed by atoms with Gasteiger partial charge in [0.25, 0.3) is 11.8 Å². The highest BCUT2D eigenvalue weighted by molar-refractivity contribution is 6.23. The van der Waals surface area contributed by atoms with Crippen LogP contribution in [0.1, 0.15) is 33.2 Å². The molecule has 0 saturated carbocycles. The van der Waals surface area contributed by atoms with Gasteiger partial charge in [-0.05, 0) is 43.7 Å². The van der Waals surface area contributed by atoms with Crippen LogP contribution in [-0.4, -0.2) is 28.7 Å². The zero-order valence-electron chi connectivity index (χ0n) is 13.2. The number of hydrogen-bond donors (Lipinski definition) is 1. The van der Waals surface area contributed by atoms with Crippen molar-refractivity contribution in [3.05, 3.63) is 65.0 Å². The summed E-state index contributed by atoms with van der Waals surface area (Å²) in [6, 6.07) is 9.44. The molecule has 0 fully saturated rings. The van der Waals surface area contributed by atoms with Crippen LogP contribution in [0.25, 0.3) is 0 Å². The summed E-state index contributed by atoms with van der Waals surface area (Å²) in [5, 5.41) is 2.57. The quantitative estimate of drug-likeness (QED) is 0.882. The van der Waals surface area contributed by atoms with E-state index in [0.29, 0.717) is 11.3 Å². The fraction of sp³-hybridized carbons (Fsp3) is 0.167. The van der Waals surface area contributed by atoms with Gasteiger partial charge in [0.05, 0.1) is 11.1 Å². The Morgan fingerprint density at radius 1 is 1.08 bits per heavy atom. The summed E-state index contributed by atoms with van der Waals surface area (Å²) in [4.78, 5) is 38.1. The van der Waals surface area contributed by atoms with E-state index in [1.807, 2.05) is 0 Å². The average molecular weight is 326 g/mol. The predicted molar refractivity (Wildman–Crippen MR) is 86.2 cm³/mol. The molecule has 0 aliphatic carbocycles. The van der Waals surface area contributed by atoms with Crippen LogP contribution in [0.3, 0.4) is 0 Å². The van der Waals surface area contributed by atoms with Crippen LogP contribution < -0.4 is 5.32 Å². The maximum atomic E-state index is 13.3. The van der Waals surface area contributed by atoms with E-state index in [0.717, 1.165) is 4.90 Å². The normalized spacial score (nSPS) is 14.5. The van der Waals surface area contributed by atoms with Crippen molar-refractivity contribution in [3.8, 4) is 0 Å². The molecule has 122 valence electrons. The molecule has 24 heavy (non-hydrogen) atoms. The second-order valence-corrected chi connectivity index (χ2v) is 5.65. The molecule has 3 rings (SSSR count). The summed E-state index contributed by atoms with van der Waals surface area (Å²) >= 11 is 0. The van der Waals surface area contributed by atoms with Gasteiger partial charge in [0.15, 0.2) is 0 Å². The van der Waals surface area contributed by atoms with E-state index in [1.54, 1.807) is 31.2 Å². The molecular weight excluding hydrogens is 311 g/mol. The molecule has 0 radical (unpaired) electrons. The third-order valence-electron chi connectivity index (χ3n) is 4.05. The number of carbonyl (C=O) groups excluding carboxylic acids is 3. The van der Waals surface area contributed by atoms with Gasteiger partial charge in [-0.25, -0.2) is 4.39 Å². The molecule has 1 atom stereocenters. The minimum absolute atomic E-state index is 0.282. The van der Waals surface area contributed by atoms with Gasteiger partial charge in [0.2, 0.25) is 5.91 Å². The van der Waals surface area contributed by atoms with E-state index < -0.39 is 29.6 Å². The number of amides is 3. The van der Waals surface area contributed by atoms with Crippen molar-refractivity contribution >= 4 is 23.4 Å². The van der Waals surface area contributed by atoms with E-state index in [-0.39, 0.29) is 11.1 Å². The summed E-state index contributed by atoms with van der Waals surface area (Å²) in [7, 11) is 0. The second kappa shape index (κ2) is 5.88. The zero-order chi connectivity index (χ0) is 17.4. The fourth-order valence-corrected chi connectivity index (χ4v) is 2.64. The van der Waals surface area contributed by atoms with Gasteiger partial charge >= 0.3 is 0 Å². The Balaban J connectivity index is 1.83. The number of hydrogen-bond acceptors (Lipinski definition) is 3. The predicted octanol–water partition coefficient (Wildman–Crippen LogP) is 2.76. The molecule has 5 nitrogen and oxygen atoms in total. The van der Waals surface area contributed by atoms with Crippen molar-refractivity contribution in [1.29, 1.82) is 0 Å². The summed E-state index contributed by atoms with van der Waals surface area (Å²) in [5.74, 6) is -2.05. The maximum absolute atomic E-state index is 13.3. The smallest absolute Gasteiger partial charge is 0.262 e. The van der Waals surface area contributed by atoms with E-state index in [1.165, 1.54) is 25.1 Å². The number of nitrogens with zero attached hydrogens (tertiary/aromatic N) is 1. The molecule has 0 bridgehead atoms. The summed E-state index contributed by atoms with van der Waals surface area (Å²) < 4.78 is 13.3. The number of fused-ring (bicyclic) bond motifs is 1. The Morgan fingerprint density at radius 2 is 1.67 bits per heavy atom. The first-order valence-corrected chi connectivity index (χ1v) is 7.44. The molecule has 1 aliphatic heterocycles. The lowest BCUT2D eigenvalue weighted by molar-refractivity contribution is -0.119. The van der Waals surface area contributed by atoms with Crippen molar-refractivity contribution in [2.24, 2.45) is 0 Å². The summed E-state index contributed by atoms with van der Waals surface area (Å²) in [6.45, 7) is 3.19. The molecule has 1 aliphatic rings. The minimum Gasteiger partial charge on any atom is -0.324 e. The number of imide groups is 1. The fourth-order valence-electron chi connectivity index (χ4n) is 2.64. The number of benzene rings is 2. The minimum atomic E-state index is -1.01. The van der Waals surface area contributed by atoms with Gasteiger partial charge in [-0.2, -0.15) is 0 Å². The molecular formula is C18H15FN2O3. The molecule has 2 aromatic rings. The Labute approximate surface area is 138 Å². The zero-order valence-corrected chi connectivity index (χ0v) is 13.2. The van der Waals surface area contributed by atoms with Crippen LogP contribution in [0.2, 0.25) is 0 Å². The highest BCUT2D eigenvalue weighted by Crippen LogP contribution is 2.25. The van der Waals surface area contributed by atoms with Crippen molar-refractivity contribution in [1.82, 2.24) is 4.90 Å². The van der Waals surface area contributed by atoms with Gasteiger partial charge < -0.3 is 5.32 Å². The van der Waals surface area contributed by atoms with Gasteiger partial charge in [-0.15, -0.1) is 0 Å². The molecule has 3 amide bonds. The van der Waals surface area contributed by atoms with Crippen molar-refractivity contribution in [2.75, 3.05) is 5.32 Å². The SMILES string of the molecule is Cc1ccc(F)cc1NC(=O)C(C)N1C(=O)c2ccccc2C1=O.